The largest absolute Gasteiger partial charge is 0.296 e. The lowest BCUT2D eigenvalue weighted by Crippen LogP contribution is -2.11. The summed E-state index contributed by atoms with van der Waals surface area (Å²) in [6.07, 6.45) is 0.237. The topological polar surface area (TPSA) is 89.0 Å². The minimum absolute atomic E-state index is 0.0647. The molecule has 3 rings (SSSR count). The normalized spacial score (nSPS) is 11.4. The number of nitrogens with zero attached hydrogens (tertiary/aromatic N) is 2. The molecule has 3 aromatic rings. The predicted molar refractivity (Wildman–Crippen MR) is 114 cm³/mol. The molecule has 9 heteroatoms. The third-order valence-corrected chi connectivity index (χ3v) is 7.36. The molecule has 0 radical (unpaired) electrons. The van der Waals surface area contributed by atoms with Crippen LogP contribution in [0.25, 0.3) is 0 Å². The molecule has 6 nitrogen and oxygen atoms in total. The number of hydrogen-bond acceptors (Lipinski definition) is 6. The van der Waals surface area contributed by atoms with E-state index in [0.29, 0.717) is 20.6 Å². The second-order valence-corrected chi connectivity index (χ2v) is 10.4. The maximum Gasteiger partial charge on any atom is 0.257 e. The molecule has 28 heavy (non-hydrogen) atoms. The Morgan fingerprint density at radius 1 is 1.07 bits per heavy atom. The third-order valence-electron chi connectivity index (χ3n) is 4.22. The number of aromatic nitrogens is 2. The summed E-state index contributed by atoms with van der Waals surface area (Å²) < 4.78 is 26.0. The van der Waals surface area contributed by atoms with Gasteiger partial charge in [0, 0.05) is 16.5 Å². The van der Waals surface area contributed by atoms with Crippen molar-refractivity contribution in [1.82, 2.24) is 10.2 Å². The van der Waals surface area contributed by atoms with E-state index in [9.17, 15) is 13.2 Å². The van der Waals surface area contributed by atoms with Crippen LogP contribution < -0.4 is 5.32 Å². The quantitative estimate of drug-likeness (QED) is 0.572. The van der Waals surface area contributed by atoms with Crippen molar-refractivity contribution in [3.8, 4) is 0 Å². The van der Waals surface area contributed by atoms with Gasteiger partial charge in [-0.1, -0.05) is 33.3 Å². The highest BCUT2D eigenvalue weighted by atomic mass is 79.9. The van der Waals surface area contributed by atoms with Crippen LogP contribution in [-0.4, -0.2) is 30.3 Å². The number of rotatable bonds is 6. The van der Waals surface area contributed by atoms with Crippen LogP contribution in [0.4, 0.5) is 5.13 Å². The van der Waals surface area contributed by atoms with Gasteiger partial charge < -0.3 is 0 Å². The van der Waals surface area contributed by atoms with E-state index in [1.165, 1.54) is 11.3 Å². The van der Waals surface area contributed by atoms with Crippen LogP contribution in [0, 0.1) is 13.8 Å². The molecule has 0 spiro atoms. The first-order chi connectivity index (χ1) is 13.2. The number of aryl methyl sites for hydroxylation is 3. The highest BCUT2D eigenvalue weighted by molar-refractivity contribution is 9.10. The zero-order chi connectivity index (χ0) is 20.3. The van der Waals surface area contributed by atoms with Crippen molar-refractivity contribution in [3.63, 3.8) is 0 Å². The average Bonchev–Trinajstić information content (AvgIpc) is 3.10. The number of anilines is 1. The van der Waals surface area contributed by atoms with Crippen molar-refractivity contribution in [2.24, 2.45) is 0 Å². The van der Waals surface area contributed by atoms with E-state index in [4.69, 9.17) is 0 Å². The Kier molecular flexibility index (Phi) is 6.26. The lowest BCUT2D eigenvalue weighted by atomic mass is 10.1. The molecule has 2 aromatic carbocycles. The van der Waals surface area contributed by atoms with E-state index in [0.717, 1.165) is 15.6 Å². The Morgan fingerprint density at radius 2 is 1.79 bits per heavy atom. The van der Waals surface area contributed by atoms with Crippen LogP contribution in [0.2, 0.25) is 0 Å². The van der Waals surface area contributed by atoms with Gasteiger partial charge in [0.2, 0.25) is 5.13 Å². The van der Waals surface area contributed by atoms with Gasteiger partial charge in [0.15, 0.2) is 9.84 Å². The van der Waals surface area contributed by atoms with E-state index in [-0.39, 0.29) is 18.1 Å². The van der Waals surface area contributed by atoms with Gasteiger partial charge in [-0.25, -0.2) is 8.42 Å². The van der Waals surface area contributed by atoms with Crippen LogP contribution in [-0.2, 0) is 16.3 Å². The monoisotopic (exact) mass is 479 g/mol. The summed E-state index contributed by atoms with van der Waals surface area (Å²) in [5.74, 6) is -0.358. The number of nitrogens with one attached hydrogen (secondary N) is 1. The zero-order valence-corrected chi connectivity index (χ0v) is 18.5. The van der Waals surface area contributed by atoms with Gasteiger partial charge in [0.1, 0.15) is 5.01 Å². The Morgan fingerprint density at radius 3 is 2.46 bits per heavy atom. The van der Waals surface area contributed by atoms with E-state index >= 15 is 0 Å². The summed E-state index contributed by atoms with van der Waals surface area (Å²) in [7, 11) is -3.41. The maximum atomic E-state index is 12.5. The van der Waals surface area contributed by atoms with Crippen molar-refractivity contribution in [2.75, 3.05) is 11.1 Å². The van der Waals surface area contributed by atoms with Crippen molar-refractivity contribution in [1.29, 1.82) is 0 Å². The van der Waals surface area contributed by atoms with E-state index in [1.807, 2.05) is 19.9 Å². The Bertz CT molecular complexity index is 1110. The standard InChI is InChI=1S/C19H18BrN3O3S2/c1-12-3-8-16(11-13(12)2)28(25,26)10-9-17-22-23-19(27-17)21-18(24)14-4-6-15(20)7-5-14/h3-8,11H,9-10H2,1-2H3,(H,21,23,24). The smallest absolute Gasteiger partial charge is 0.257 e. The molecule has 0 atom stereocenters. The molecular formula is C19H18BrN3O3S2. The van der Waals surface area contributed by atoms with Crippen molar-refractivity contribution >= 4 is 48.1 Å². The molecule has 1 aromatic heterocycles. The lowest BCUT2D eigenvalue weighted by molar-refractivity contribution is 0.102. The van der Waals surface area contributed by atoms with Gasteiger partial charge in [-0.2, -0.15) is 0 Å². The van der Waals surface area contributed by atoms with E-state index < -0.39 is 9.84 Å². The third kappa shape index (κ3) is 5.03. The van der Waals surface area contributed by atoms with Crippen molar-refractivity contribution in [2.45, 2.75) is 25.2 Å². The number of halogens is 1. The highest BCUT2D eigenvalue weighted by Crippen LogP contribution is 2.21. The number of benzene rings is 2. The van der Waals surface area contributed by atoms with Crippen LogP contribution >= 0.6 is 27.3 Å². The average molecular weight is 480 g/mol. The maximum absolute atomic E-state index is 12.5. The van der Waals surface area contributed by atoms with E-state index in [1.54, 1.807) is 36.4 Å². The van der Waals surface area contributed by atoms with Crippen LogP contribution in [0.1, 0.15) is 26.5 Å². The molecule has 0 aliphatic carbocycles. The number of carbonyl (C=O) groups is 1. The van der Waals surface area contributed by atoms with Gasteiger partial charge >= 0.3 is 0 Å². The Labute approximate surface area is 176 Å². The fourth-order valence-electron chi connectivity index (χ4n) is 2.42. The summed E-state index contributed by atoms with van der Waals surface area (Å²) in [6.45, 7) is 3.83. The predicted octanol–water partition coefficient (Wildman–Crippen LogP) is 4.19. The van der Waals surface area contributed by atoms with Gasteiger partial charge in [-0.05, 0) is 61.4 Å². The fourth-order valence-corrected chi connectivity index (χ4v) is 4.88. The first kappa shape index (κ1) is 20.6. The number of carbonyl (C=O) groups excluding carboxylic acids is 1. The summed E-state index contributed by atoms with van der Waals surface area (Å²) in [5.41, 5.74) is 2.49. The summed E-state index contributed by atoms with van der Waals surface area (Å²) >= 11 is 4.49. The number of hydrogen-bond donors (Lipinski definition) is 1. The van der Waals surface area contributed by atoms with Crippen molar-refractivity contribution in [3.05, 3.63) is 68.6 Å². The van der Waals surface area contributed by atoms with Gasteiger partial charge in [-0.15, -0.1) is 10.2 Å². The molecule has 0 fully saturated rings. The number of amides is 1. The fraction of sp³-hybridized carbons (Fsp3) is 0.211. The Balaban J connectivity index is 1.63. The molecule has 0 saturated heterocycles. The first-order valence-electron chi connectivity index (χ1n) is 8.44. The molecular weight excluding hydrogens is 462 g/mol. The van der Waals surface area contributed by atoms with Gasteiger partial charge in [0.05, 0.1) is 10.6 Å². The molecule has 0 saturated carbocycles. The zero-order valence-electron chi connectivity index (χ0n) is 15.3. The molecule has 1 amide bonds. The molecule has 0 aliphatic rings. The molecule has 1 N–H and O–H groups in total. The molecule has 0 aliphatic heterocycles. The lowest BCUT2D eigenvalue weighted by Gasteiger charge is -2.06. The minimum atomic E-state index is -3.41. The summed E-state index contributed by atoms with van der Waals surface area (Å²) in [6, 6.07) is 12.1. The SMILES string of the molecule is Cc1ccc(S(=O)(=O)CCc2nnc(NC(=O)c3ccc(Br)cc3)s2)cc1C. The van der Waals surface area contributed by atoms with Crippen molar-refractivity contribution < 1.29 is 13.2 Å². The number of sulfone groups is 1. The first-order valence-corrected chi connectivity index (χ1v) is 11.7. The summed E-state index contributed by atoms with van der Waals surface area (Å²) in [4.78, 5) is 12.5. The Hall–Kier alpha value is -2.10. The summed E-state index contributed by atoms with van der Waals surface area (Å²) in [5, 5.41) is 11.5. The molecule has 0 bridgehead atoms. The van der Waals surface area contributed by atoms with Crippen LogP contribution in [0.3, 0.4) is 0 Å². The molecule has 0 unspecified atom stereocenters. The second kappa shape index (κ2) is 8.50. The minimum Gasteiger partial charge on any atom is -0.296 e. The van der Waals surface area contributed by atoms with Crippen LogP contribution in [0.15, 0.2) is 51.8 Å². The molecule has 146 valence electrons. The van der Waals surface area contributed by atoms with Gasteiger partial charge in [-0.3, -0.25) is 10.1 Å². The highest BCUT2D eigenvalue weighted by Gasteiger charge is 2.17. The molecule has 1 heterocycles. The second-order valence-electron chi connectivity index (χ2n) is 6.28. The van der Waals surface area contributed by atoms with Gasteiger partial charge in [0.25, 0.3) is 5.91 Å². The van der Waals surface area contributed by atoms with E-state index in [2.05, 4.69) is 31.4 Å². The van der Waals surface area contributed by atoms with Crippen LogP contribution in [0.5, 0.6) is 0 Å².